The maximum absolute atomic E-state index is 5.38. The zero-order chi connectivity index (χ0) is 22.8. The van der Waals surface area contributed by atoms with Crippen molar-refractivity contribution in [1.82, 2.24) is 20.2 Å². The van der Waals surface area contributed by atoms with E-state index in [0.717, 1.165) is 27.2 Å². The molecule has 2 aromatic heterocycles. The van der Waals surface area contributed by atoms with E-state index < -0.39 is 0 Å². The summed E-state index contributed by atoms with van der Waals surface area (Å²) in [5.41, 5.74) is 5.88. The molecule has 0 saturated heterocycles. The van der Waals surface area contributed by atoms with Crippen LogP contribution in [0.3, 0.4) is 0 Å². The van der Waals surface area contributed by atoms with Crippen molar-refractivity contribution in [3.8, 4) is 17.2 Å². The number of methoxy groups -OCH3 is 3. The number of aromatic nitrogens is 4. The second-order valence-corrected chi connectivity index (χ2v) is 7.11. The smallest absolute Gasteiger partial charge is 0.263 e. The lowest BCUT2D eigenvalue weighted by Gasteiger charge is -2.12. The highest BCUT2D eigenvalue weighted by atomic mass is 16.5. The number of hydrogen-bond acceptors (Lipinski definition) is 9. The lowest BCUT2D eigenvalue weighted by Crippen LogP contribution is -2.01. The molecule has 0 unspecified atom stereocenters. The van der Waals surface area contributed by atoms with Gasteiger partial charge in [0.05, 0.1) is 33.1 Å². The van der Waals surface area contributed by atoms with Gasteiger partial charge in [0, 0.05) is 27.9 Å². The van der Waals surface area contributed by atoms with Crippen LogP contribution in [0.4, 0.5) is 5.95 Å². The molecule has 33 heavy (non-hydrogen) atoms. The number of hydrazone groups is 1. The highest BCUT2D eigenvalue weighted by Crippen LogP contribution is 2.37. The number of benzene rings is 3. The van der Waals surface area contributed by atoms with Gasteiger partial charge in [-0.1, -0.05) is 24.3 Å². The van der Waals surface area contributed by atoms with Crippen LogP contribution < -0.4 is 19.6 Å². The maximum atomic E-state index is 5.38. The number of fused-ring (bicyclic) bond motifs is 6. The Bertz CT molecular complexity index is 1460. The van der Waals surface area contributed by atoms with Gasteiger partial charge in [-0.25, -0.2) is 10.4 Å². The molecule has 5 rings (SSSR count). The molecule has 0 spiro atoms. The van der Waals surface area contributed by atoms with E-state index in [1.807, 2.05) is 36.4 Å². The van der Waals surface area contributed by atoms with Crippen LogP contribution >= 0.6 is 0 Å². The largest absolute Gasteiger partial charge is 0.493 e. The summed E-state index contributed by atoms with van der Waals surface area (Å²) in [6, 6.07) is 15.4. The van der Waals surface area contributed by atoms with Crippen LogP contribution in [-0.2, 0) is 0 Å². The van der Waals surface area contributed by atoms with Gasteiger partial charge in [-0.05, 0) is 24.3 Å². The number of pyridine rings is 1. The van der Waals surface area contributed by atoms with Crippen LogP contribution in [0, 0.1) is 0 Å². The van der Waals surface area contributed by atoms with Crippen LogP contribution in [0.25, 0.3) is 32.7 Å². The van der Waals surface area contributed by atoms with Gasteiger partial charge in [-0.15, -0.1) is 10.2 Å². The van der Waals surface area contributed by atoms with Crippen molar-refractivity contribution >= 4 is 44.9 Å². The van der Waals surface area contributed by atoms with E-state index in [2.05, 4.69) is 30.7 Å². The molecule has 5 aromatic rings. The molecule has 9 nitrogen and oxygen atoms in total. The zero-order valence-electron chi connectivity index (χ0n) is 18.2. The Morgan fingerprint density at radius 3 is 2.18 bits per heavy atom. The van der Waals surface area contributed by atoms with Crippen molar-refractivity contribution in [3.63, 3.8) is 0 Å². The number of nitrogens with one attached hydrogen (secondary N) is 1. The van der Waals surface area contributed by atoms with E-state index in [9.17, 15) is 0 Å². The fourth-order valence-electron chi connectivity index (χ4n) is 3.79. The van der Waals surface area contributed by atoms with E-state index in [1.165, 1.54) is 0 Å². The summed E-state index contributed by atoms with van der Waals surface area (Å²) in [5.74, 6) is 1.85. The summed E-state index contributed by atoms with van der Waals surface area (Å²) in [6.07, 6.45) is 3.38. The minimum atomic E-state index is 0.270. The molecule has 2 heterocycles. The van der Waals surface area contributed by atoms with Crippen molar-refractivity contribution in [1.29, 1.82) is 0 Å². The summed E-state index contributed by atoms with van der Waals surface area (Å²) in [7, 11) is 4.68. The lowest BCUT2D eigenvalue weighted by atomic mass is 10.0. The highest BCUT2D eigenvalue weighted by molar-refractivity contribution is 6.21. The fourth-order valence-corrected chi connectivity index (χ4v) is 3.79. The molecular formula is C24H20N6O3. The predicted octanol–water partition coefficient (Wildman–Crippen LogP) is 4.20. The van der Waals surface area contributed by atoms with Crippen molar-refractivity contribution in [2.75, 3.05) is 26.8 Å². The highest BCUT2D eigenvalue weighted by Gasteiger charge is 2.14. The Morgan fingerprint density at radius 2 is 1.48 bits per heavy atom. The number of ether oxygens (including phenoxy) is 3. The number of hydrogen-bond donors (Lipinski definition) is 1. The van der Waals surface area contributed by atoms with E-state index in [4.69, 9.17) is 14.2 Å². The number of nitrogens with zero attached hydrogens (tertiary/aromatic N) is 5. The standard InChI is InChI=1S/C24H20N6O3/c1-31-18-11-14(12-19(32-2)23(18)33-3)13-26-29-24-27-21-17-9-6-10-25-20(17)15-7-4-5-8-16(15)22(21)28-30-24/h4-13H,1-3H3,(H,27,29,30)/b26-13+. The van der Waals surface area contributed by atoms with E-state index in [-0.39, 0.29) is 5.95 Å². The molecule has 1 N–H and O–H groups in total. The average Bonchev–Trinajstić information content (AvgIpc) is 2.88. The number of rotatable bonds is 6. The minimum Gasteiger partial charge on any atom is -0.493 e. The molecule has 3 aromatic carbocycles. The monoisotopic (exact) mass is 440 g/mol. The van der Waals surface area contributed by atoms with E-state index >= 15 is 0 Å². The van der Waals surface area contributed by atoms with Crippen molar-refractivity contribution in [2.24, 2.45) is 5.10 Å². The van der Waals surface area contributed by atoms with Crippen LogP contribution in [0.15, 0.2) is 59.8 Å². The molecule has 164 valence electrons. The Labute approximate surface area is 189 Å². The maximum Gasteiger partial charge on any atom is 0.263 e. The second kappa shape index (κ2) is 8.54. The summed E-state index contributed by atoms with van der Waals surface area (Å²) >= 11 is 0. The van der Waals surface area contributed by atoms with Crippen LogP contribution in [0.1, 0.15) is 5.56 Å². The molecule has 0 amide bonds. The first kappa shape index (κ1) is 20.4. The normalized spacial score (nSPS) is 11.4. The Hall–Kier alpha value is -4.53. The average molecular weight is 440 g/mol. The number of anilines is 1. The van der Waals surface area contributed by atoms with Gasteiger partial charge in [-0.3, -0.25) is 4.98 Å². The predicted molar refractivity (Wildman–Crippen MR) is 127 cm³/mol. The lowest BCUT2D eigenvalue weighted by molar-refractivity contribution is 0.324. The molecular weight excluding hydrogens is 420 g/mol. The van der Waals surface area contributed by atoms with Gasteiger partial charge < -0.3 is 14.2 Å². The molecule has 0 aliphatic carbocycles. The van der Waals surface area contributed by atoms with Gasteiger partial charge >= 0.3 is 0 Å². The summed E-state index contributed by atoms with van der Waals surface area (Å²) < 4.78 is 16.1. The third kappa shape index (κ3) is 3.59. The molecule has 0 radical (unpaired) electrons. The van der Waals surface area contributed by atoms with Gasteiger partial charge in [-0.2, -0.15) is 5.10 Å². The fraction of sp³-hybridized carbons (Fsp3) is 0.125. The molecule has 0 aliphatic rings. The van der Waals surface area contributed by atoms with Gasteiger partial charge in [0.25, 0.3) is 5.95 Å². The van der Waals surface area contributed by atoms with Crippen molar-refractivity contribution < 1.29 is 14.2 Å². The van der Waals surface area contributed by atoms with Gasteiger partial charge in [0.2, 0.25) is 5.75 Å². The first-order chi connectivity index (χ1) is 16.2. The van der Waals surface area contributed by atoms with E-state index in [1.54, 1.807) is 45.9 Å². The topological polar surface area (TPSA) is 104 Å². The summed E-state index contributed by atoms with van der Waals surface area (Å²) in [6.45, 7) is 0. The third-order valence-corrected chi connectivity index (χ3v) is 5.25. The molecule has 9 heteroatoms. The molecule has 0 bridgehead atoms. The third-order valence-electron chi connectivity index (χ3n) is 5.25. The first-order valence-electron chi connectivity index (χ1n) is 10.1. The zero-order valence-corrected chi connectivity index (χ0v) is 18.2. The Balaban J connectivity index is 1.53. The minimum absolute atomic E-state index is 0.270. The van der Waals surface area contributed by atoms with Gasteiger partial charge in [0.15, 0.2) is 11.5 Å². The Morgan fingerprint density at radius 1 is 0.788 bits per heavy atom. The molecule has 0 saturated carbocycles. The molecule has 0 fully saturated rings. The SMILES string of the molecule is COc1cc(/C=N/Nc2nnc3c4ccccc4c4ncccc4c3n2)cc(OC)c1OC. The summed E-state index contributed by atoms with van der Waals surface area (Å²) in [4.78, 5) is 9.24. The van der Waals surface area contributed by atoms with Gasteiger partial charge in [0.1, 0.15) is 11.0 Å². The molecule has 0 aliphatic heterocycles. The van der Waals surface area contributed by atoms with Crippen LogP contribution in [0.2, 0.25) is 0 Å². The van der Waals surface area contributed by atoms with E-state index in [0.29, 0.717) is 28.3 Å². The Kier molecular flexibility index (Phi) is 5.27. The molecule has 0 atom stereocenters. The van der Waals surface area contributed by atoms with Crippen LogP contribution in [-0.4, -0.2) is 47.7 Å². The van der Waals surface area contributed by atoms with Crippen molar-refractivity contribution in [3.05, 3.63) is 60.3 Å². The van der Waals surface area contributed by atoms with Crippen molar-refractivity contribution in [2.45, 2.75) is 0 Å². The first-order valence-corrected chi connectivity index (χ1v) is 10.1. The quantitative estimate of drug-likeness (QED) is 0.238. The summed E-state index contributed by atoms with van der Waals surface area (Å²) in [5, 5.41) is 15.8. The van der Waals surface area contributed by atoms with Crippen LogP contribution in [0.5, 0.6) is 17.2 Å². The second-order valence-electron chi connectivity index (χ2n) is 7.11.